The first-order chi connectivity index (χ1) is 17.8. The second-order valence-electron chi connectivity index (χ2n) is 8.58. The van der Waals surface area contributed by atoms with Gasteiger partial charge in [0.1, 0.15) is 23.6 Å². The third-order valence-corrected chi connectivity index (χ3v) is 6.20. The Hall–Kier alpha value is -4.52. The molecule has 0 aliphatic carbocycles. The number of fused-ring (bicyclic) bond motifs is 1. The van der Waals surface area contributed by atoms with Crippen molar-refractivity contribution in [2.45, 2.75) is 31.3 Å². The van der Waals surface area contributed by atoms with Crippen LogP contribution in [-0.2, 0) is 15.1 Å². The van der Waals surface area contributed by atoms with Crippen LogP contribution in [0.3, 0.4) is 0 Å². The first kappa shape index (κ1) is 25.6. The summed E-state index contributed by atoms with van der Waals surface area (Å²) < 4.78 is 7.62. The van der Waals surface area contributed by atoms with Gasteiger partial charge < -0.3 is 31.9 Å². The number of nitrogens with one attached hydrogen (secondary N) is 2. The van der Waals surface area contributed by atoms with Gasteiger partial charge >= 0.3 is 0 Å². The van der Waals surface area contributed by atoms with E-state index in [1.807, 2.05) is 16.8 Å². The van der Waals surface area contributed by atoms with Crippen LogP contribution >= 0.6 is 0 Å². The number of amides is 1. The number of aliphatic carboxylic acids is 1. The summed E-state index contributed by atoms with van der Waals surface area (Å²) in [5, 5.41) is 19.4. The third-order valence-electron chi connectivity index (χ3n) is 6.20. The number of carbonyl (C=O) groups is 2. The number of ether oxygens (including phenoxy) is 1. The molecule has 0 spiro atoms. The van der Waals surface area contributed by atoms with Gasteiger partial charge in [0, 0.05) is 36.7 Å². The fourth-order valence-corrected chi connectivity index (χ4v) is 4.49. The van der Waals surface area contributed by atoms with E-state index in [4.69, 9.17) is 31.2 Å². The van der Waals surface area contributed by atoms with E-state index in [0.29, 0.717) is 33.9 Å². The predicted octanol–water partition coefficient (Wildman–Crippen LogP) is 0.925. The van der Waals surface area contributed by atoms with E-state index in [9.17, 15) is 4.79 Å². The summed E-state index contributed by atoms with van der Waals surface area (Å²) in [6, 6.07) is 5.67. The van der Waals surface area contributed by atoms with Crippen LogP contribution in [0.5, 0.6) is 5.75 Å². The minimum Gasteiger partial charge on any atom is -0.496 e. The molecule has 0 bridgehead atoms. The van der Waals surface area contributed by atoms with Gasteiger partial charge in [-0.2, -0.15) is 5.10 Å². The maximum Gasteiger partial charge on any atom is 0.300 e. The maximum atomic E-state index is 12.4. The zero-order valence-corrected chi connectivity index (χ0v) is 20.5. The highest BCUT2D eigenvalue weighted by Gasteiger charge is 2.40. The number of hydrogen-bond acceptors (Lipinski definition) is 10. The number of hydrogen-bond donors (Lipinski definition) is 5. The maximum absolute atomic E-state index is 12.4. The average molecular weight is 508 g/mol. The van der Waals surface area contributed by atoms with Gasteiger partial charge in [-0.1, -0.05) is 12.1 Å². The number of aromatic nitrogens is 4. The number of methoxy groups -OCH3 is 1. The Bertz CT molecular complexity index is 1370. The summed E-state index contributed by atoms with van der Waals surface area (Å²) in [5.41, 5.74) is 13.4. The molecule has 1 atom stereocenters. The van der Waals surface area contributed by atoms with Gasteiger partial charge in [0.05, 0.1) is 18.5 Å². The lowest BCUT2D eigenvalue weighted by atomic mass is 9.87. The van der Waals surface area contributed by atoms with Gasteiger partial charge in [0.15, 0.2) is 11.2 Å². The van der Waals surface area contributed by atoms with Crippen molar-refractivity contribution < 1.29 is 19.4 Å². The largest absolute Gasteiger partial charge is 0.496 e. The molecule has 7 N–H and O–H groups in total. The predicted molar refractivity (Wildman–Crippen MR) is 138 cm³/mol. The number of nitrogens with zero attached hydrogens (tertiary/aromatic N) is 5. The fourth-order valence-electron chi connectivity index (χ4n) is 4.49. The van der Waals surface area contributed by atoms with Crippen LogP contribution in [0.25, 0.3) is 22.3 Å². The number of anilines is 1. The summed E-state index contributed by atoms with van der Waals surface area (Å²) in [6.45, 7) is 2.92. The van der Waals surface area contributed by atoms with Crippen LogP contribution in [0, 0.1) is 0 Å². The van der Waals surface area contributed by atoms with Crippen molar-refractivity contribution in [2.24, 2.45) is 10.7 Å². The number of carbonyl (C=O) groups excluding carboxylic acids is 1. The first-order valence-electron chi connectivity index (χ1n) is 11.6. The molecule has 1 aromatic carbocycles. The van der Waals surface area contributed by atoms with Crippen molar-refractivity contribution >= 4 is 34.9 Å². The molecule has 5 rings (SSSR count). The number of benzene rings is 1. The highest BCUT2D eigenvalue weighted by atomic mass is 16.5. The molecule has 1 fully saturated rings. The number of rotatable bonds is 5. The van der Waals surface area contributed by atoms with Crippen molar-refractivity contribution in [2.75, 3.05) is 25.9 Å². The Morgan fingerprint density at radius 1 is 1.24 bits per heavy atom. The van der Waals surface area contributed by atoms with E-state index in [1.165, 1.54) is 19.7 Å². The molecule has 37 heavy (non-hydrogen) atoms. The molecule has 13 nitrogen and oxygen atoms in total. The average Bonchev–Trinajstić information content (AvgIpc) is 3.30. The molecular formula is C24H29N9O4. The van der Waals surface area contributed by atoms with Crippen LogP contribution in [0.15, 0.2) is 41.9 Å². The van der Waals surface area contributed by atoms with Crippen LogP contribution in [0.2, 0.25) is 0 Å². The molecule has 3 aromatic rings. The van der Waals surface area contributed by atoms with E-state index < -0.39 is 17.4 Å². The summed E-state index contributed by atoms with van der Waals surface area (Å²) in [6.07, 6.45) is 7.95. The monoisotopic (exact) mass is 507 g/mol. The molecule has 0 radical (unpaired) electrons. The normalized spacial score (nSPS) is 19.1. The molecule has 1 saturated heterocycles. The standard InChI is InChI=1S/C22H25N9O2.C2H4O2/c1-33-16-10-13(2-3-15(16)22(21(24)32)11-26-8-9-29-22)18-17-19(23)27-12-28-20(17)31(30-18)14-4-6-25-7-5-14;1-2(3)4/h2-3,8-12,14,25,29H,4-7H2,1H3,(H2,24,32)(H2,23,27,28);1H3,(H,3,4). The summed E-state index contributed by atoms with van der Waals surface area (Å²) in [5.74, 6) is -0.612. The van der Waals surface area contributed by atoms with E-state index in [2.05, 4.69) is 25.6 Å². The summed E-state index contributed by atoms with van der Waals surface area (Å²) in [7, 11) is 1.54. The van der Waals surface area contributed by atoms with Gasteiger partial charge in [-0.05, 0) is 32.0 Å². The fraction of sp³-hybridized carbons (Fsp3) is 0.333. The lowest BCUT2D eigenvalue weighted by molar-refractivity contribution is -0.134. The Balaban J connectivity index is 0.000000747. The van der Waals surface area contributed by atoms with Gasteiger partial charge in [-0.25, -0.2) is 14.6 Å². The van der Waals surface area contributed by atoms with Gasteiger partial charge in [0.2, 0.25) is 0 Å². The smallest absolute Gasteiger partial charge is 0.300 e. The number of aliphatic imine (C=N–C) groups is 1. The molecule has 2 aromatic heterocycles. The molecule has 2 aliphatic heterocycles. The lowest BCUT2D eigenvalue weighted by Gasteiger charge is -2.30. The third kappa shape index (κ3) is 4.93. The highest BCUT2D eigenvalue weighted by Crippen LogP contribution is 2.38. The van der Waals surface area contributed by atoms with Gasteiger partial charge in [0.25, 0.3) is 11.9 Å². The summed E-state index contributed by atoms with van der Waals surface area (Å²) in [4.78, 5) is 34.2. The minimum atomic E-state index is -1.32. The Kier molecular flexibility index (Phi) is 7.34. The molecule has 4 heterocycles. The molecule has 0 saturated carbocycles. The van der Waals surface area contributed by atoms with E-state index in [1.54, 1.807) is 18.5 Å². The Morgan fingerprint density at radius 2 is 1.97 bits per heavy atom. The molecule has 2 aliphatic rings. The minimum absolute atomic E-state index is 0.213. The molecule has 1 unspecified atom stereocenters. The van der Waals surface area contributed by atoms with E-state index in [-0.39, 0.29) is 6.04 Å². The van der Waals surface area contributed by atoms with Crippen LogP contribution in [-0.4, -0.2) is 63.1 Å². The lowest BCUT2D eigenvalue weighted by Crippen LogP contribution is -2.53. The number of carboxylic acids is 1. The zero-order valence-electron chi connectivity index (χ0n) is 20.5. The molecule has 194 valence electrons. The summed E-state index contributed by atoms with van der Waals surface area (Å²) >= 11 is 0. The van der Waals surface area contributed by atoms with Crippen molar-refractivity contribution in [1.29, 1.82) is 0 Å². The SMILES string of the molecule is CC(=O)O.COc1cc(-c2nn(C3CCNCC3)c3ncnc(N)c23)ccc1C1(C(N)=O)C=NC=CN1. The van der Waals surface area contributed by atoms with Crippen molar-refractivity contribution in [3.05, 3.63) is 42.5 Å². The molecule has 1 amide bonds. The van der Waals surface area contributed by atoms with Crippen molar-refractivity contribution in [1.82, 2.24) is 30.4 Å². The number of nitrogens with two attached hydrogens (primary N) is 2. The zero-order chi connectivity index (χ0) is 26.6. The Labute approximate surface area is 212 Å². The van der Waals surface area contributed by atoms with Crippen LogP contribution < -0.4 is 26.8 Å². The quantitative estimate of drug-likeness (QED) is 0.331. The number of nitrogen functional groups attached to an aromatic ring is 1. The second-order valence-corrected chi connectivity index (χ2v) is 8.58. The van der Waals surface area contributed by atoms with Crippen LogP contribution in [0.4, 0.5) is 5.82 Å². The first-order valence-corrected chi connectivity index (χ1v) is 11.6. The van der Waals surface area contributed by atoms with Crippen LogP contribution in [0.1, 0.15) is 31.4 Å². The van der Waals surface area contributed by atoms with E-state index >= 15 is 0 Å². The van der Waals surface area contributed by atoms with Crippen molar-refractivity contribution in [3.8, 4) is 17.0 Å². The van der Waals surface area contributed by atoms with Crippen molar-refractivity contribution in [3.63, 3.8) is 0 Å². The highest BCUT2D eigenvalue weighted by molar-refractivity contribution is 6.05. The van der Waals surface area contributed by atoms with Gasteiger partial charge in [-0.15, -0.1) is 0 Å². The van der Waals surface area contributed by atoms with Gasteiger partial charge in [-0.3, -0.25) is 14.6 Å². The molecule has 13 heteroatoms. The van der Waals surface area contributed by atoms with E-state index in [0.717, 1.165) is 38.4 Å². The number of piperidine rings is 1. The number of carboxylic acid groups (broad SMARTS) is 1. The topological polar surface area (TPSA) is 196 Å². The molecular weight excluding hydrogens is 478 g/mol. The Morgan fingerprint density at radius 3 is 2.59 bits per heavy atom. The second kappa shape index (κ2) is 10.6. The number of primary amides is 1.